The Balaban J connectivity index is 2.60. The number of guanidine groups is 1. The number of aliphatic imine (C=N–C) groups is 1. The molecule has 0 bridgehead atoms. The number of hydrogen-bond acceptors (Lipinski definition) is 3. The summed E-state index contributed by atoms with van der Waals surface area (Å²) in [5, 5.41) is 6.32. The third-order valence-electron chi connectivity index (χ3n) is 3.09. The fourth-order valence-electron chi connectivity index (χ4n) is 1.63. The van der Waals surface area contributed by atoms with E-state index in [0.717, 1.165) is 6.54 Å². The first-order valence-electron chi connectivity index (χ1n) is 6.90. The van der Waals surface area contributed by atoms with Crippen LogP contribution in [0.25, 0.3) is 0 Å². The average Bonchev–Trinajstić information content (AvgIpc) is 2.48. The van der Waals surface area contributed by atoms with E-state index in [4.69, 9.17) is 0 Å². The summed E-state index contributed by atoms with van der Waals surface area (Å²) in [6.45, 7) is 2.51. The highest BCUT2D eigenvalue weighted by Gasteiger charge is 2.16. The number of para-hydroxylation sites is 1. The van der Waals surface area contributed by atoms with Crippen molar-refractivity contribution in [2.24, 2.45) is 4.99 Å². The van der Waals surface area contributed by atoms with Crippen LogP contribution in [0.15, 0.2) is 29.3 Å². The highest BCUT2D eigenvalue weighted by Crippen LogP contribution is 2.20. The van der Waals surface area contributed by atoms with E-state index in [1.807, 2.05) is 0 Å². The molecule has 0 aromatic heterocycles. The molecule has 0 aliphatic heterocycles. The van der Waals surface area contributed by atoms with Gasteiger partial charge in [-0.1, -0.05) is 18.2 Å². The van der Waals surface area contributed by atoms with Crippen molar-refractivity contribution in [3.8, 4) is 5.75 Å². The fraction of sp³-hybridized carbons (Fsp3) is 0.533. The minimum atomic E-state index is -2.83. The Labute approximate surface area is 134 Å². The van der Waals surface area contributed by atoms with Crippen molar-refractivity contribution in [1.82, 2.24) is 10.6 Å². The Kier molecular flexibility index (Phi) is 7.44. The van der Waals surface area contributed by atoms with Crippen molar-refractivity contribution < 1.29 is 13.5 Å². The highest BCUT2D eigenvalue weighted by atomic mass is 32.2. The lowest BCUT2D eigenvalue weighted by Crippen LogP contribution is -2.43. The van der Waals surface area contributed by atoms with Gasteiger partial charge in [0.25, 0.3) is 0 Å². The van der Waals surface area contributed by atoms with Gasteiger partial charge in [0.2, 0.25) is 0 Å². The fourth-order valence-corrected chi connectivity index (χ4v) is 1.85. The summed E-state index contributed by atoms with van der Waals surface area (Å²) in [5.74, 6) is 0.791. The largest absolute Gasteiger partial charge is 0.434 e. The summed E-state index contributed by atoms with van der Waals surface area (Å²) in [6.07, 6.45) is 2.05. The minimum absolute atomic E-state index is 0.0777. The summed E-state index contributed by atoms with van der Waals surface area (Å²) in [7, 11) is 1.67. The van der Waals surface area contributed by atoms with Gasteiger partial charge < -0.3 is 15.4 Å². The topological polar surface area (TPSA) is 45.7 Å². The van der Waals surface area contributed by atoms with E-state index in [-0.39, 0.29) is 10.5 Å². The van der Waals surface area contributed by atoms with Crippen LogP contribution in [0.3, 0.4) is 0 Å². The molecule has 0 aliphatic rings. The van der Waals surface area contributed by atoms with Crippen LogP contribution < -0.4 is 15.4 Å². The van der Waals surface area contributed by atoms with Crippen molar-refractivity contribution in [3.05, 3.63) is 29.8 Å². The van der Waals surface area contributed by atoms with Crippen LogP contribution in [0.1, 0.15) is 19.4 Å². The molecule has 1 rings (SSSR count). The van der Waals surface area contributed by atoms with Crippen LogP contribution >= 0.6 is 11.8 Å². The molecule has 0 aliphatic carbocycles. The number of halogens is 2. The SMILES string of the molecule is CN=C(NCc1ccccc1OC(F)F)NCC(C)(C)SC. The first-order valence-corrected chi connectivity index (χ1v) is 8.13. The number of thioether (sulfide) groups is 1. The number of hydrogen-bond donors (Lipinski definition) is 2. The van der Waals surface area contributed by atoms with Crippen LogP contribution in [0.4, 0.5) is 8.78 Å². The molecule has 0 amide bonds. The summed E-state index contributed by atoms with van der Waals surface area (Å²) in [4.78, 5) is 4.13. The van der Waals surface area contributed by atoms with E-state index in [1.165, 1.54) is 6.07 Å². The summed E-state index contributed by atoms with van der Waals surface area (Å²) < 4.78 is 29.3. The summed E-state index contributed by atoms with van der Waals surface area (Å²) >= 11 is 1.75. The second-order valence-corrected chi connectivity index (χ2v) is 6.74. The Morgan fingerprint density at radius 1 is 1.32 bits per heavy atom. The van der Waals surface area contributed by atoms with Gasteiger partial charge in [-0.05, 0) is 26.2 Å². The third-order valence-corrected chi connectivity index (χ3v) is 4.34. The maximum Gasteiger partial charge on any atom is 0.387 e. The monoisotopic (exact) mass is 331 g/mol. The molecule has 124 valence electrons. The van der Waals surface area contributed by atoms with Gasteiger partial charge in [-0.15, -0.1) is 0 Å². The molecule has 0 saturated heterocycles. The first-order chi connectivity index (χ1) is 10.4. The zero-order valence-corrected chi connectivity index (χ0v) is 14.1. The molecule has 0 radical (unpaired) electrons. The number of benzene rings is 1. The van der Waals surface area contributed by atoms with Crippen molar-refractivity contribution in [3.63, 3.8) is 0 Å². The molecule has 0 atom stereocenters. The molecule has 0 spiro atoms. The van der Waals surface area contributed by atoms with Crippen LogP contribution in [0, 0.1) is 0 Å². The van der Waals surface area contributed by atoms with Gasteiger partial charge in [-0.25, -0.2) is 0 Å². The molecule has 4 nitrogen and oxygen atoms in total. The van der Waals surface area contributed by atoms with Gasteiger partial charge in [0.15, 0.2) is 5.96 Å². The quantitative estimate of drug-likeness (QED) is 0.595. The zero-order chi connectivity index (χ0) is 16.6. The number of alkyl halides is 2. The van der Waals surface area contributed by atoms with E-state index < -0.39 is 6.61 Å². The second-order valence-electron chi connectivity index (χ2n) is 5.23. The van der Waals surface area contributed by atoms with E-state index >= 15 is 0 Å². The Morgan fingerprint density at radius 2 is 2.00 bits per heavy atom. The van der Waals surface area contributed by atoms with Gasteiger partial charge in [-0.2, -0.15) is 20.5 Å². The predicted octanol–water partition coefficient (Wildman–Crippen LogP) is 3.09. The van der Waals surface area contributed by atoms with Crippen molar-refractivity contribution in [2.75, 3.05) is 19.8 Å². The van der Waals surface area contributed by atoms with Crippen LogP contribution in [0.2, 0.25) is 0 Å². The molecule has 22 heavy (non-hydrogen) atoms. The summed E-state index contributed by atoms with van der Waals surface area (Å²) in [6, 6.07) is 6.71. The molecule has 0 unspecified atom stereocenters. The average molecular weight is 331 g/mol. The van der Waals surface area contributed by atoms with Gasteiger partial charge in [-0.3, -0.25) is 4.99 Å². The molecule has 0 saturated carbocycles. The maximum atomic E-state index is 12.4. The van der Waals surface area contributed by atoms with Crippen LogP contribution in [0.5, 0.6) is 5.75 Å². The second kappa shape index (κ2) is 8.82. The molecule has 0 fully saturated rings. The molecular formula is C15H23F2N3OS. The van der Waals surface area contributed by atoms with Gasteiger partial charge in [0.1, 0.15) is 5.75 Å². The lowest BCUT2D eigenvalue weighted by Gasteiger charge is -2.24. The van der Waals surface area contributed by atoms with Crippen molar-refractivity contribution in [2.45, 2.75) is 31.8 Å². The normalized spacial score (nSPS) is 12.4. The number of nitrogens with zero attached hydrogens (tertiary/aromatic N) is 1. The molecule has 0 heterocycles. The third kappa shape index (κ3) is 6.51. The van der Waals surface area contributed by atoms with Crippen molar-refractivity contribution >= 4 is 17.7 Å². The zero-order valence-electron chi connectivity index (χ0n) is 13.3. The van der Waals surface area contributed by atoms with E-state index in [9.17, 15) is 8.78 Å². The smallest absolute Gasteiger partial charge is 0.387 e. The minimum Gasteiger partial charge on any atom is -0.434 e. The standard InChI is InChI=1S/C15H23F2N3OS/c1-15(2,22-4)10-20-14(18-3)19-9-11-7-5-6-8-12(11)21-13(16)17/h5-8,13H,9-10H2,1-4H3,(H2,18,19,20). The van der Waals surface area contributed by atoms with Gasteiger partial charge >= 0.3 is 6.61 Å². The lowest BCUT2D eigenvalue weighted by atomic mass is 10.2. The van der Waals surface area contributed by atoms with Gasteiger partial charge in [0.05, 0.1) is 0 Å². The van der Waals surface area contributed by atoms with Crippen LogP contribution in [-0.2, 0) is 6.54 Å². The van der Waals surface area contributed by atoms with Crippen molar-refractivity contribution in [1.29, 1.82) is 0 Å². The molecule has 7 heteroatoms. The molecule has 1 aromatic carbocycles. The lowest BCUT2D eigenvalue weighted by molar-refractivity contribution is -0.0504. The Bertz CT molecular complexity index is 495. The molecule has 2 N–H and O–H groups in total. The highest BCUT2D eigenvalue weighted by molar-refractivity contribution is 7.99. The molecular weight excluding hydrogens is 308 g/mol. The van der Waals surface area contributed by atoms with Gasteiger partial charge in [0, 0.05) is 30.4 Å². The van der Waals surface area contributed by atoms with E-state index in [2.05, 4.69) is 40.5 Å². The Morgan fingerprint density at radius 3 is 2.59 bits per heavy atom. The number of nitrogens with one attached hydrogen (secondary N) is 2. The first kappa shape index (κ1) is 18.5. The van der Waals surface area contributed by atoms with E-state index in [1.54, 1.807) is 37.0 Å². The predicted molar refractivity (Wildman–Crippen MR) is 88.9 cm³/mol. The number of ether oxygens (including phenoxy) is 1. The Hall–Kier alpha value is -1.50. The van der Waals surface area contributed by atoms with Crippen LogP contribution in [-0.4, -0.2) is 37.2 Å². The molecule has 1 aromatic rings. The maximum absolute atomic E-state index is 12.4. The number of rotatable bonds is 7. The van der Waals surface area contributed by atoms with E-state index in [0.29, 0.717) is 18.1 Å². The summed E-state index contributed by atoms with van der Waals surface area (Å²) in [5.41, 5.74) is 0.648.